The van der Waals surface area contributed by atoms with Crippen LogP contribution in [0, 0.1) is 0 Å². The number of ether oxygens (including phenoxy) is 4. The Morgan fingerprint density at radius 3 is 1.19 bits per heavy atom. The summed E-state index contributed by atoms with van der Waals surface area (Å²) in [5.74, 6) is -0.203. The normalized spacial score (nSPS) is 24.2. The number of unbranched alkanes of at least 4 members (excludes halogenated alkanes) is 41. The van der Waals surface area contributed by atoms with Crippen molar-refractivity contribution in [2.24, 2.45) is 0 Å². The molecule has 0 aromatic carbocycles. The van der Waals surface area contributed by atoms with Crippen LogP contribution in [0.5, 0.6) is 0 Å². The number of nitrogens with one attached hydrogen (secondary N) is 1. The second-order valence-electron chi connectivity index (χ2n) is 24.3. The largest absolute Gasteiger partial charge is 0.394 e. The van der Waals surface area contributed by atoms with Crippen LogP contribution < -0.4 is 5.32 Å². The van der Waals surface area contributed by atoms with E-state index in [-0.39, 0.29) is 12.5 Å². The van der Waals surface area contributed by atoms with Gasteiger partial charge in [-0.05, 0) is 38.5 Å². The van der Waals surface area contributed by atoms with E-state index in [9.17, 15) is 45.6 Å². The summed E-state index contributed by atoms with van der Waals surface area (Å²) in [6.45, 7) is 2.90. The predicted molar refractivity (Wildman–Crippen MR) is 323 cm³/mol. The maximum absolute atomic E-state index is 13.3. The van der Waals surface area contributed by atoms with Crippen molar-refractivity contribution in [2.45, 2.75) is 383 Å². The molecular formula is C66H127NO13. The predicted octanol–water partition coefficient (Wildman–Crippen LogP) is 13.0. The molecule has 80 heavy (non-hydrogen) atoms. The molecule has 12 atom stereocenters. The van der Waals surface area contributed by atoms with Gasteiger partial charge in [0.05, 0.1) is 32.0 Å². The lowest BCUT2D eigenvalue weighted by molar-refractivity contribution is -0.359. The summed E-state index contributed by atoms with van der Waals surface area (Å²) in [6, 6.07) is -0.828. The van der Waals surface area contributed by atoms with Crippen LogP contribution in [0.15, 0.2) is 12.2 Å². The van der Waals surface area contributed by atoms with E-state index in [0.717, 1.165) is 51.4 Å². The highest BCUT2D eigenvalue weighted by Crippen LogP contribution is 2.30. The van der Waals surface area contributed by atoms with Gasteiger partial charge in [0.15, 0.2) is 12.6 Å². The van der Waals surface area contributed by atoms with Crippen LogP contribution in [0.2, 0.25) is 0 Å². The Labute approximate surface area is 488 Å². The number of hydrogen-bond donors (Lipinski definition) is 9. The second kappa shape index (κ2) is 52.1. The smallest absolute Gasteiger partial charge is 0.220 e. The molecule has 0 aromatic heterocycles. The van der Waals surface area contributed by atoms with E-state index >= 15 is 0 Å². The van der Waals surface area contributed by atoms with Gasteiger partial charge < -0.3 is 65.1 Å². The number of aliphatic hydroxyl groups excluding tert-OH is 8. The summed E-state index contributed by atoms with van der Waals surface area (Å²) in [7, 11) is 0. The highest BCUT2D eigenvalue weighted by Gasteiger charge is 2.51. The first-order valence-corrected chi connectivity index (χ1v) is 33.9. The van der Waals surface area contributed by atoms with Crippen LogP contribution >= 0.6 is 0 Å². The van der Waals surface area contributed by atoms with Gasteiger partial charge in [-0.15, -0.1) is 0 Å². The molecule has 2 rings (SSSR count). The van der Waals surface area contributed by atoms with E-state index in [2.05, 4.69) is 31.3 Å². The number of aliphatic hydroxyl groups is 8. The molecule has 0 aliphatic carbocycles. The van der Waals surface area contributed by atoms with Crippen molar-refractivity contribution in [3.05, 3.63) is 12.2 Å². The Kier molecular flexibility index (Phi) is 48.7. The maximum Gasteiger partial charge on any atom is 0.220 e. The summed E-state index contributed by atoms with van der Waals surface area (Å²) in [5, 5.41) is 87.5. The third-order valence-electron chi connectivity index (χ3n) is 17.0. The molecule has 474 valence electrons. The Balaban J connectivity index is 1.68. The molecule has 2 aliphatic heterocycles. The average molecular weight is 1140 g/mol. The van der Waals surface area contributed by atoms with E-state index < -0.39 is 86.8 Å². The molecular weight excluding hydrogens is 1010 g/mol. The Bertz CT molecular complexity index is 1390. The average Bonchev–Trinajstić information content (AvgIpc) is 3.48. The number of rotatable bonds is 56. The van der Waals surface area contributed by atoms with E-state index in [1.165, 1.54) is 231 Å². The maximum atomic E-state index is 13.3. The molecule has 12 unspecified atom stereocenters. The zero-order valence-corrected chi connectivity index (χ0v) is 51.4. The van der Waals surface area contributed by atoms with E-state index in [1.54, 1.807) is 0 Å². The van der Waals surface area contributed by atoms with Crippen LogP contribution in [-0.4, -0.2) is 140 Å². The van der Waals surface area contributed by atoms with E-state index in [1.807, 2.05) is 0 Å². The van der Waals surface area contributed by atoms with Crippen molar-refractivity contribution < 1.29 is 64.6 Å². The molecule has 0 radical (unpaired) electrons. The monoisotopic (exact) mass is 1140 g/mol. The van der Waals surface area contributed by atoms with Gasteiger partial charge in [-0.1, -0.05) is 276 Å². The third-order valence-corrected chi connectivity index (χ3v) is 17.0. The minimum Gasteiger partial charge on any atom is -0.394 e. The Hall–Kier alpha value is -1.27. The van der Waals surface area contributed by atoms with Crippen LogP contribution in [0.25, 0.3) is 0 Å². The zero-order chi connectivity index (χ0) is 58.1. The topological polar surface area (TPSA) is 228 Å². The molecule has 1 amide bonds. The van der Waals surface area contributed by atoms with Crippen molar-refractivity contribution in [1.29, 1.82) is 0 Å². The molecule has 14 nitrogen and oxygen atoms in total. The fourth-order valence-corrected chi connectivity index (χ4v) is 11.5. The highest BCUT2D eigenvalue weighted by molar-refractivity contribution is 5.76. The molecule has 2 fully saturated rings. The number of allylic oxidation sites excluding steroid dienone is 2. The lowest BCUT2D eigenvalue weighted by atomic mass is 9.97. The minimum absolute atomic E-state index is 0.203. The first kappa shape index (κ1) is 74.8. The van der Waals surface area contributed by atoms with Gasteiger partial charge in [0, 0.05) is 6.42 Å². The number of amides is 1. The summed E-state index contributed by atoms with van der Waals surface area (Å²) in [6.07, 6.45) is 45.1. The quantitative estimate of drug-likeness (QED) is 0.0204. The van der Waals surface area contributed by atoms with Crippen molar-refractivity contribution >= 4 is 5.91 Å². The van der Waals surface area contributed by atoms with Crippen molar-refractivity contribution in [1.82, 2.24) is 5.32 Å². The van der Waals surface area contributed by atoms with E-state index in [0.29, 0.717) is 12.8 Å². The molecule has 9 N–H and O–H groups in total. The SMILES string of the molecule is CCCCCCCC/C=C\CCCCCCCCCCCC(=O)NC(COC1OC(CO)C(OC2OC(CO)C(O)C(O)C2O)C(O)C1O)C(O)CCCCCCCCCCCCCCCCCCCCCCCCCCCCC. The molecule has 2 saturated heterocycles. The minimum atomic E-state index is -1.78. The van der Waals surface area contributed by atoms with Crippen molar-refractivity contribution in [3.8, 4) is 0 Å². The molecule has 0 bridgehead atoms. The van der Waals surface area contributed by atoms with Crippen molar-refractivity contribution in [3.63, 3.8) is 0 Å². The third kappa shape index (κ3) is 36.5. The molecule has 0 aromatic rings. The Morgan fingerprint density at radius 2 is 0.787 bits per heavy atom. The number of carbonyl (C=O) groups is 1. The fraction of sp³-hybridized carbons (Fsp3) is 0.955. The van der Waals surface area contributed by atoms with Gasteiger partial charge in [-0.2, -0.15) is 0 Å². The van der Waals surface area contributed by atoms with Gasteiger partial charge >= 0.3 is 0 Å². The summed E-state index contributed by atoms with van der Waals surface area (Å²) >= 11 is 0. The van der Waals surface area contributed by atoms with Crippen LogP contribution in [0.3, 0.4) is 0 Å². The van der Waals surface area contributed by atoms with Gasteiger partial charge in [-0.25, -0.2) is 0 Å². The summed E-state index contributed by atoms with van der Waals surface area (Å²) in [5.41, 5.74) is 0. The fourth-order valence-electron chi connectivity index (χ4n) is 11.5. The zero-order valence-electron chi connectivity index (χ0n) is 51.4. The molecule has 2 aliphatic rings. The van der Waals surface area contributed by atoms with Crippen molar-refractivity contribution in [2.75, 3.05) is 19.8 Å². The molecule has 0 spiro atoms. The first-order chi connectivity index (χ1) is 39.1. The highest BCUT2D eigenvalue weighted by atomic mass is 16.7. The van der Waals surface area contributed by atoms with Gasteiger partial charge in [0.25, 0.3) is 0 Å². The van der Waals surface area contributed by atoms with Gasteiger partial charge in [-0.3, -0.25) is 4.79 Å². The second-order valence-corrected chi connectivity index (χ2v) is 24.3. The van der Waals surface area contributed by atoms with Crippen LogP contribution in [-0.2, 0) is 23.7 Å². The lowest BCUT2D eigenvalue weighted by Gasteiger charge is -2.46. The van der Waals surface area contributed by atoms with Crippen LogP contribution in [0.1, 0.15) is 309 Å². The van der Waals surface area contributed by atoms with Crippen LogP contribution in [0.4, 0.5) is 0 Å². The Morgan fingerprint density at radius 1 is 0.438 bits per heavy atom. The number of hydrogen-bond acceptors (Lipinski definition) is 13. The first-order valence-electron chi connectivity index (χ1n) is 33.9. The molecule has 2 heterocycles. The van der Waals surface area contributed by atoms with Gasteiger partial charge in [0.1, 0.15) is 48.8 Å². The number of carbonyl (C=O) groups excluding carboxylic acids is 1. The molecule has 0 saturated carbocycles. The van der Waals surface area contributed by atoms with E-state index in [4.69, 9.17) is 18.9 Å². The molecule has 14 heteroatoms. The lowest BCUT2D eigenvalue weighted by Crippen LogP contribution is -2.65. The summed E-state index contributed by atoms with van der Waals surface area (Å²) < 4.78 is 22.9. The summed E-state index contributed by atoms with van der Waals surface area (Å²) in [4.78, 5) is 13.3. The standard InChI is InChI=1S/C66H127NO13/c1-3-5-7-9-11-13-15-17-19-21-23-24-25-26-27-28-29-30-32-33-35-37-39-41-43-45-47-49-55(70)54(67-58(71)50-48-46-44-42-40-38-36-34-31-22-20-18-16-14-12-10-8-6-4-2)53-77-65-63(76)61(74)64(57(52-69)79-65)80-66-62(75)60(73)59(72)56(51-68)78-66/h18,20,54-57,59-66,68-70,72-76H,3-17,19,21-53H2,1-2H3,(H,67,71)/b20-18-. The van der Waals surface area contributed by atoms with Gasteiger partial charge in [0.2, 0.25) is 5.91 Å².